The summed E-state index contributed by atoms with van der Waals surface area (Å²) in [4.78, 5) is 23.2. The maximum atomic E-state index is 12.1. The predicted octanol–water partition coefficient (Wildman–Crippen LogP) is 4.18. The number of hydrogen-bond donors (Lipinski definition) is 2. The van der Waals surface area contributed by atoms with Crippen molar-refractivity contribution in [1.82, 2.24) is 5.32 Å². The van der Waals surface area contributed by atoms with Crippen LogP contribution in [0.15, 0.2) is 18.2 Å². The minimum absolute atomic E-state index is 0.0373. The van der Waals surface area contributed by atoms with Crippen LogP contribution in [0.2, 0.25) is 5.02 Å². The van der Waals surface area contributed by atoms with Crippen LogP contribution in [0.25, 0.3) is 0 Å². The lowest BCUT2D eigenvalue weighted by molar-refractivity contribution is -0.116. The largest absolute Gasteiger partial charge is 0.444 e. The molecule has 1 aromatic carbocycles. The zero-order chi connectivity index (χ0) is 19.0. The number of benzene rings is 1. The molecule has 9 heteroatoms. The third-order valence-electron chi connectivity index (χ3n) is 2.68. The molecule has 140 valence electrons. The molecular weight excluding hydrogens is 358 g/mol. The Kier molecular flexibility index (Phi) is 7.89. The minimum Gasteiger partial charge on any atom is -0.444 e. The van der Waals surface area contributed by atoms with Crippen molar-refractivity contribution in [2.45, 2.75) is 45.8 Å². The van der Waals surface area contributed by atoms with Gasteiger partial charge >= 0.3 is 12.7 Å². The van der Waals surface area contributed by atoms with Crippen LogP contribution in [0.5, 0.6) is 5.75 Å². The Hall–Kier alpha value is -2.09. The van der Waals surface area contributed by atoms with Gasteiger partial charge in [-0.25, -0.2) is 4.79 Å². The molecule has 0 aliphatic rings. The Morgan fingerprint density at radius 1 is 1.28 bits per heavy atom. The Labute approximate surface area is 149 Å². The van der Waals surface area contributed by atoms with E-state index >= 15 is 0 Å². The summed E-state index contributed by atoms with van der Waals surface area (Å²) in [6, 6.07) is 3.96. The summed E-state index contributed by atoms with van der Waals surface area (Å²) in [5.41, 5.74) is -0.224. The first-order valence-corrected chi connectivity index (χ1v) is 7.95. The zero-order valence-corrected chi connectivity index (χ0v) is 15.0. The fourth-order valence-corrected chi connectivity index (χ4v) is 1.97. The van der Waals surface area contributed by atoms with Crippen molar-refractivity contribution < 1.29 is 27.8 Å². The highest BCUT2D eigenvalue weighted by molar-refractivity contribution is 6.32. The van der Waals surface area contributed by atoms with E-state index in [0.717, 1.165) is 0 Å². The molecule has 0 aliphatic heterocycles. The van der Waals surface area contributed by atoms with E-state index in [1.807, 2.05) is 0 Å². The van der Waals surface area contributed by atoms with Crippen LogP contribution < -0.4 is 15.4 Å². The number of carbonyl (C=O) groups is 2. The second kappa shape index (κ2) is 9.41. The summed E-state index contributed by atoms with van der Waals surface area (Å²) in [6.07, 6.45) is 0.0166. The van der Waals surface area contributed by atoms with E-state index in [2.05, 4.69) is 15.4 Å². The van der Waals surface area contributed by atoms with E-state index in [1.54, 1.807) is 20.8 Å². The average molecular weight is 379 g/mol. The van der Waals surface area contributed by atoms with E-state index < -0.39 is 18.3 Å². The van der Waals surface area contributed by atoms with Gasteiger partial charge in [-0.05, 0) is 45.4 Å². The molecule has 0 saturated heterocycles. The van der Waals surface area contributed by atoms with Crippen LogP contribution in [-0.2, 0) is 9.53 Å². The standard InChI is InChI=1S/C16H21ClF2N2O4/c1-16(2,3)25-15(23)20-8-4-5-13(22)21-10-6-7-12(11(17)9-10)24-14(18)19/h6-7,9,14H,4-5,8H2,1-3H3,(H,20,23)(H,21,22). The Balaban J connectivity index is 2.35. The second-order valence-electron chi connectivity index (χ2n) is 6.10. The quantitative estimate of drug-likeness (QED) is 0.698. The number of anilines is 1. The first-order valence-electron chi connectivity index (χ1n) is 7.58. The van der Waals surface area contributed by atoms with Gasteiger partial charge in [-0.1, -0.05) is 11.6 Å². The number of hydrogen-bond acceptors (Lipinski definition) is 4. The SMILES string of the molecule is CC(C)(C)OC(=O)NCCCC(=O)Nc1ccc(OC(F)F)c(Cl)c1. The Morgan fingerprint density at radius 3 is 2.52 bits per heavy atom. The number of halogens is 3. The molecule has 1 rings (SSSR count). The van der Waals surface area contributed by atoms with Gasteiger partial charge in [0.15, 0.2) is 0 Å². The van der Waals surface area contributed by atoms with Gasteiger partial charge < -0.3 is 20.1 Å². The van der Waals surface area contributed by atoms with E-state index in [9.17, 15) is 18.4 Å². The third-order valence-corrected chi connectivity index (χ3v) is 2.98. The fourth-order valence-electron chi connectivity index (χ4n) is 1.75. The third kappa shape index (κ3) is 9.09. The van der Waals surface area contributed by atoms with Crippen LogP contribution in [0.4, 0.5) is 19.3 Å². The van der Waals surface area contributed by atoms with Gasteiger partial charge in [0.1, 0.15) is 11.4 Å². The molecule has 0 spiro atoms. The van der Waals surface area contributed by atoms with Crippen molar-refractivity contribution in [3.8, 4) is 5.75 Å². The molecule has 0 aromatic heterocycles. The molecule has 2 N–H and O–H groups in total. The van der Waals surface area contributed by atoms with Gasteiger partial charge in [0.2, 0.25) is 5.91 Å². The normalized spacial score (nSPS) is 11.2. The lowest BCUT2D eigenvalue weighted by atomic mass is 10.2. The van der Waals surface area contributed by atoms with Crippen LogP contribution in [0.1, 0.15) is 33.6 Å². The van der Waals surface area contributed by atoms with Crippen molar-refractivity contribution in [1.29, 1.82) is 0 Å². The summed E-state index contributed by atoms with van der Waals surface area (Å²) in [5.74, 6) is -0.471. The predicted molar refractivity (Wildman–Crippen MR) is 90.2 cm³/mol. The van der Waals surface area contributed by atoms with Crippen LogP contribution in [0.3, 0.4) is 0 Å². The highest BCUT2D eigenvalue weighted by Crippen LogP contribution is 2.28. The van der Waals surface area contributed by atoms with Gasteiger partial charge in [-0.15, -0.1) is 0 Å². The van der Waals surface area contributed by atoms with Crippen molar-refractivity contribution in [2.24, 2.45) is 0 Å². The first kappa shape index (κ1) is 21.0. The molecule has 0 fully saturated rings. The summed E-state index contributed by atoms with van der Waals surface area (Å²) in [5, 5.41) is 5.09. The molecule has 0 unspecified atom stereocenters. The van der Waals surface area contributed by atoms with E-state index in [1.165, 1.54) is 18.2 Å². The highest BCUT2D eigenvalue weighted by Gasteiger charge is 2.15. The van der Waals surface area contributed by atoms with Crippen molar-refractivity contribution >= 4 is 29.3 Å². The summed E-state index contributed by atoms with van der Waals surface area (Å²) in [7, 11) is 0. The lowest BCUT2D eigenvalue weighted by Gasteiger charge is -2.19. The van der Waals surface area contributed by atoms with Gasteiger partial charge in [-0.3, -0.25) is 4.79 Å². The number of nitrogens with one attached hydrogen (secondary N) is 2. The van der Waals surface area contributed by atoms with E-state index in [0.29, 0.717) is 12.1 Å². The minimum atomic E-state index is -2.98. The molecule has 0 aliphatic carbocycles. The molecule has 0 heterocycles. The van der Waals surface area contributed by atoms with Crippen molar-refractivity contribution in [2.75, 3.05) is 11.9 Å². The smallest absolute Gasteiger partial charge is 0.407 e. The first-order chi connectivity index (χ1) is 11.6. The van der Waals surface area contributed by atoms with Gasteiger partial charge in [0, 0.05) is 18.7 Å². The van der Waals surface area contributed by atoms with Crippen LogP contribution in [0, 0.1) is 0 Å². The topological polar surface area (TPSA) is 76.7 Å². The number of amides is 2. The number of ether oxygens (including phenoxy) is 2. The maximum Gasteiger partial charge on any atom is 0.407 e. The van der Waals surface area contributed by atoms with Gasteiger partial charge in [0.05, 0.1) is 5.02 Å². The second-order valence-corrected chi connectivity index (χ2v) is 6.51. The Bertz CT molecular complexity index is 606. The van der Waals surface area contributed by atoms with Crippen LogP contribution in [-0.4, -0.2) is 30.8 Å². The maximum absolute atomic E-state index is 12.1. The Morgan fingerprint density at radius 2 is 1.96 bits per heavy atom. The fraction of sp³-hybridized carbons (Fsp3) is 0.500. The summed E-state index contributed by atoms with van der Waals surface area (Å²) < 4.78 is 33.6. The number of rotatable bonds is 7. The van der Waals surface area contributed by atoms with E-state index in [4.69, 9.17) is 16.3 Å². The average Bonchev–Trinajstić information content (AvgIpc) is 2.44. The van der Waals surface area contributed by atoms with Crippen LogP contribution >= 0.6 is 11.6 Å². The number of carbonyl (C=O) groups excluding carboxylic acids is 2. The molecule has 0 saturated carbocycles. The summed E-state index contributed by atoms with van der Waals surface area (Å²) >= 11 is 5.80. The number of alkyl halides is 2. The molecule has 1 aromatic rings. The number of alkyl carbamates (subject to hydrolysis) is 1. The van der Waals surface area contributed by atoms with Crippen molar-refractivity contribution in [3.63, 3.8) is 0 Å². The molecule has 6 nitrogen and oxygen atoms in total. The highest BCUT2D eigenvalue weighted by atomic mass is 35.5. The molecule has 0 bridgehead atoms. The monoisotopic (exact) mass is 378 g/mol. The molecule has 0 atom stereocenters. The summed E-state index contributed by atoms with van der Waals surface area (Å²) in [6.45, 7) is 2.56. The molecule has 25 heavy (non-hydrogen) atoms. The molecular formula is C16H21ClF2N2O4. The van der Waals surface area contributed by atoms with Gasteiger partial charge in [-0.2, -0.15) is 8.78 Å². The van der Waals surface area contributed by atoms with E-state index in [-0.39, 0.29) is 29.6 Å². The van der Waals surface area contributed by atoms with Crippen molar-refractivity contribution in [3.05, 3.63) is 23.2 Å². The zero-order valence-electron chi connectivity index (χ0n) is 14.2. The molecule has 2 amide bonds. The molecule has 0 radical (unpaired) electrons. The lowest BCUT2D eigenvalue weighted by Crippen LogP contribution is -2.33. The van der Waals surface area contributed by atoms with Gasteiger partial charge in [0.25, 0.3) is 0 Å².